The Morgan fingerprint density at radius 2 is 1.93 bits per heavy atom. The number of rotatable bonds is 5. The fourth-order valence-corrected chi connectivity index (χ4v) is 4.56. The van der Waals surface area contributed by atoms with Crippen molar-refractivity contribution in [2.45, 2.75) is 37.8 Å². The van der Waals surface area contributed by atoms with Gasteiger partial charge < -0.3 is 20.9 Å². The van der Waals surface area contributed by atoms with Crippen LogP contribution in [0.3, 0.4) is 0 Å². The molecule has 154 valence electrons. The molecule has 0 bridgehead atoms. The summed E-state index contributed by atoms with van der Waals surface area (Å²) >= 11 is 6.33. The number of urea groups is 1. The lowest BCUT2D eigenvalue weighted by Gasteiger charge is -2.21. The number of likely N-dealkylation sites (tertiary alicyclic amines) is 1. The molecule has 2 saturated carbocycles. The average Bonchev–Trinajstić information content (AvgIpc) is 3.07. The molecule has 5 rings (SSSR count). The normalized spacial score (nSPS) is 25.7. The average molecular weight is 417 g/mol. The van der Waals surface area contributed by atoms with Crippen LogP contribution in [0.25, 0.3) is 0 Å². The van der Waals surface area contributed by atoms with E-state index in [4.69, 9.17) is 11.6 Å². The van der Waals surface area contributed by atoms with Crippen molar-refractivity contribution in [3.8, 4) is 0 Å². The number of carbonyl (C=O) groups excluding carboxylic acids is 1. The van der Waals surface area contributed by atoms with Crippen molar-refractivity contribution in [2.75, 3.05) is 23.7 Å². The van der Waals surface area contributed by atoms with Crippen LogP contribution in [0, 0.1) is 11.8 Å². The van der Waals surface area contributed by atoms with Crippen molar-refractivity contribution in [3.05, 3.63) is 23.6 Å². The lowest BCUT2D eigenvalue weighted by atomic mass is 10.0. The Morgan fingerprint density at radius 3 is 2.59 bits per heavy atom. The first-order valence-corrected chi connectivity index (χ1v) is 10.5. The number of carbonyl (C=O) groups is 1. The minimum atomic E-state index is 0.108. The molecule has 2 aromatic heterocycles. The van der Waals surface area contributed by atoms with E-state index < -0.39 is 0 Å². The van der Waals surface area contributed by atoms with Crippen molar-refractivity contribution < 1.29 is 4.79 Å². The molecule has 3 heterocycles. The predicted molar refractivity (Wildman–Crippen MR) is 110 cm³/mol. The Balaban J connectivity index is 1.18. The molecule has 9 nitrogen and oxygen atoms in total. The first-order chi connectivity index (χ1) is 14.0. The third-order valence-corrected chi connectivity index (χ3v) is 6.27. The molecule has 1 aliphatic heterocycles. The molecular weight excluding hydrogens is 392 g/mol. The molecule has 1 saturated heterocycles. The summed E-state index contributed by atoms with van der Waals surface area (Å²) in [5, 5.41) is 14.4. The third-order valence-electron chi connectivity index (χ3n) is 5.99. The second-order valence-corrected chi connectivity index (χ2v) is 8.79. The van der Waals surface area contributed by atoms with E-state index in [2.05, 4.69) is 31.0 Å². The number of nitrogens with one attached hydrogen (secondary N) is 3. The summed E-state index contributed by atoms with van der Waals surface area (Å²) in [6.45, 7) is 1.68. The van der Waals surface area contributed by atoms with E-state index in [0.717, 1.165) is 44.5 Å². The van der Waals surface area contributed by atoms with Gasteiger partial charge in [0.25, 0.3) is 0 Å². The van der Waals surface area contributed by atoms with Gasteiger partial charge in [-0.3, -0.25) is 4.68 Å². The third kappa shape index (κ3) is 4.10. The summed E-state index contributed by atoms with van der Waals surface area (Å²) < 4.78 is 1.71. The minimum absolute atomic E-state index is 0.108. The molecule has 10 heteroatoms. The second-order valence-electron chi connectivity index (χ2n) is 8.38. The summed E-state index contributed by atoms with van der Waals surface area (Å²) in [5.74, 6) is 2.18. The highest BCUT2D eigenvalue weighted by Gasteiger charge is 2.43. The molecule has 3 fully saturated rings. The Bertz CT molecular complexity index is 899. The zero-order valence-corrected chi connectivity index (χ0v) is 17.1. The Morgan fingerprint density at radius 1 is 1.17 bits per heavy atom. The van der Waals surface area contributed by atoms with Gasteiger partial charge in [-0.2, -0.15) is 10.1 Å². The molecule has 2 aromatic rings. The van der Waals surface area contributed by atoms with Gasteiger partial charge in [0.2, 0.25) is 5.95 Å². The number of fused-ring (bicyclic) bond motifs is 1. The van der Waals surface area contributed by atoms with Crippen LogP contribution in [0.5, 0.6) is 0 Å². The number of halogens is 1. The van der Waals surface area contributed by atoms with E-state index in [9.17, 15) is 4.79 Å². The summed E-state index contributed by atoms with van der Waals surface area (Å²) in [4.78, 5) is 23.1. The van der Waals surface area contributed by atoms with Crippen LogP contribution in [0.15, 0.2) is 18.6 Å². The van der Waals surface area contributed by atoms with Crippen LogP contribution in [0.2, 0.25) is 5.02 Å². The fraction of sp³-hybridized carbons (Fsp3) is 0.579. The number of hydrogen-bond acceptors (Lipinski definition) is 6. The van der Waals surface area contributed by atoms with E-state index in [0.29, 0.717) is 40.7 Å². The molecule has 2 unspecified atom stereocenters. The topological polar surface area (TPSA) is 100 Å². The molecule has 0 spiro atoms. The first kappa shape index (κ1) is 18.5. The van der Waals surface area contributed by atoms with Gasteiger partial charge in [0, 0.05) is 38.4 Å². The molecule has 2 amide bonds. The maximum atomic E-state index is 12.3. The van der Waals surface area contributed by atoms with Gasteiger partial charge in [-0.05, 0) is 37.5 Å². The van der Waals surface area contributed by atoms with Crippen molar-refractivity contribution in [3.63, 3.8) is 0 Å². The van der Waals surface area contributed by atoms with Crippen molar-refractivity contribution in [1.29, 1.82) is 0 Å². The quantitative estimate of drug-likeness (QED) is 0.692. The van der Waals surface area contributed by atoms with Gasteiger partial charge in [0.1, 0.15) is 5.02 Å². The van der Waals surface area contributed by atoms with E-state index in [1.807, 2.05) is 18.1 Å². The monoisotopic (exact) mass is 416 g/mol. The summed E-state index contributed by atoms with van der Waals surface area (Å²) in [5.41, 5.74) is 0.820. The van der Waals surface area contributed by atoms with Gasteiger partial charge in [-0.1, -0.05) is 11.6 Å². The Hall–Kier alpha value is -2.55. The lowest BCUT2D eigenvalue weighted by molar-refractivity contribution is 0.204. The minimum Gasteiger partial charge on any atom is -0.366 e. The molecule has 2 aliphatic carbocycles. The van der Waals surface area contributed by atoms with Gasteiger partial charge in [-0.15, -0.1) is 0 Å². The van der Waals surface area contributed by atoms with E-state index in [1.165, 1.54) is 0 Å². The van der Waals surface area contributed by atoms with E-state index in [1.54, 1.807) is 17.1 Å². The van der Waals surface area contributed by atoms with Gasteiger partial charge in [0.15, 0.2) is 5.82 Å². The summed E-state index contributed by atoms with van der Waals surface area (Å²) in [7, 11) is 1.86. The standard InChI is InChI=1S/C19H25ClN8O/c1-27-10-15(6-22-27)24-18-21-7-16(20)17(26-18)23-14-4-11-8-28(9-12(11)5-14)19(29)25-13-2-3-13/h6-7,10-14H,2-5,8-9H2,1H3,(H,25,29)(H2,21,23,24,26). The van der Waals surface area contributed by atoms with E-state index in [-0.39, 0.29) is 6.03 Å². The molecule has 3 N–H and O–H groups in total. The number of hydrogen-bond donors (Lipinski definition) is 3. The summed E-state index contributed by atoms with van der Waals surface area (Å²) in [6, 6.07) is 0.820. The van der Waals surface area contributed by atoms with Crippen LogP contribution in [-0.4, -0.2) is 55.9 Å². The molecular formula is C19H25ClN8O. The van der Waals surface area contributed by atoms with Crippen molar-refractivity contribution >= 4 is 35.1 Å². The highest BCUT2D eigenvalue weighted by molar-refractivity contribution is 6.32. The second kappa shape index (κ2) is 7.37. The number of aryl methyl sites for hydroxylation is 1. The van der Waals surface area contributed by atoms with Crippen LogP contribution in [-0.2, 0) is 7.05 Å². The SMILES string of the molecule is Cn1cc(Nc2ncc(Cl)c(NC3CC4CN(C(=O)NC5CC5)CC4C3)n2)cn1. The van der Waals surface area contributed by atoms with Gasteiger partial charge in [-0.25, -0.2) is 9.78 Å². The molecule has 0 aromatic carbocycles. The molecule has 29 heavy (non-hydrogen) atoms. The number of anilines is 3. The van der Waals surface area contributed by atoms with Crippen LogP contribution in [0.1, 0.15) is 25.7 Å². The number of nitrogens with zero attached hydrogens (tertiary/aromatic N) is 5. The zero-order valence-electron chi connectivity index (χ0n) is 16.3. The Labute approximate surface area is 174 Å². The molecule has 0 radical (unpaired) electrons. The Kier molecular flexibility index (Phi) is 4.69. The highest BCUT2D eigenvalue weighted by atomic mass is 35.5. The van der Waals surface area contributed by atoms with E-state index >= 15 is 0 Å². The van der Waals surface area contributed by atoms with Gasteiger partial charge >= 0.3 is 6.03 Å². The van der Waals surface area contributed by atoms with Crippen LogP contribution in [0.4, 0.5) is 22.2 Å². The molecule has 2 atom stereocenters. The maximum absolute atomic E-state index is 12.3. The predicted octanol–water partition coefficient (Wildman–Crippen LogP) is 2.60. The fourth-order valence-electron chi connectivity index (χ4n) is 4.41. The van der Waals surface area contributed by atoms with Crippen molar-refractivity contribution in [2.24, 2.45) is 18.9 Å². The first-order valence-electron chi connectivity index (χ1n) is 10.1. The van der Waals surface area contributed by atoms with Gasteiger partial charge in [0.05, 0.1) is 18.1 Å². The highest BCUT2D eigenvalue weighted by Crippen LogP contribution is 2.40. The van der Waals surface area contributed by atoms with Crippen molar-refractivity contribution in [1.82, 2.24) is 30.0 Å². The zero-order chi connectivity index (χ0) is 20.0. The maximum Gasteiger partial charge on any atom is 0.317 e. The smallest absolute Gasteiger partial charge is 0.317 e. The largest absolute Gasteiger partial charge is 0.366 e. The summed E-state index contributed by atoms with van der Waals surface area (Å²) in [6.07, 6.45) is 9.46. The van der Waals surface area contributed by atoms with Crippen LogP contribution >= 0.6 is 11.6 Å². The van der Waals surface area contributed by atoms with Crippen LogP contribution < -0.4 is 16.0 Å². The lowest BCUT2D eigenvalue weighted by Crippen LogP contribution is -2.40. The number of aromatic nitrogens is 4. The number of amides is 2. The molecule has 3 aliphatic rings.